The summed E-state index contributed by atoms with van der Waals surface area (Å²) < 4.78 is 32.4. The highest BCUT2D eigenvalue weighted by atomic mass is 32.2. The van der Waals surface area contributed by atoms with Gasteiger partial charge in [-0.15, -0.1) is 0 Å². The SMILES string of the molecule is COc1ccc(S(=O)(=O)C(C#N)c2nc3ccccc3nc2N2CCN(c3ccccc3)CC2)cc1. The molecule has 0 bridgehead atoms. The molecule has 2 heterocycles. The number of hydrogen-bond acceptors (Lipinski definition) is 8. The van der Waals surface area contributed by atoms with E-state index in [9.17, 15) is 13.7 Å². The van der Waals surface area contributed by atoms with Crippen LogP contribution in [0.25, 0.3) is 11.0 Å². The second-order valence-corrected chi connectivity index (χ2v) is 10.5. The van der Waals surface area contributed by atoms with E-state index in [1.807, 2.05) is 47.4 Å². The van der Waals surface area contributed by atoms with Gasteiger partial charge in [-0.3, -0.25) is 0 Å². The fraction of sp³-hybridized carbons (Fsp3) is 0.222. The number of para-hydroxylation sites is 3. The van der Waals surface area contributed by atoms with Gasteiger partial charge in [-0.25, -0.2) is 18.4 Å². The lowest BCUT2D eigenvalue weighted by atomic mass is 10.2. The van der Waals surface area contributed by atoms with Gasteiger partial charge < -0.3 is 14.5 Å². The molecule has 1 aliphatic heterocycles. The highest BCUT2D eigenvalue weighted by molar-refractivity contribution is 7.92. The lowest BCUT2D eigenvalue weighted by molar-refractivity contribution is 0.414. The average Bonchev–Trinajstić information content (AvgIpc) is 2.93. The van der Waals surface area contributed by atoms with E-state index < -0.39 is 15.1 Å². The number of sulfone groups is 1. The first-order valence-electron chi connectivity index (χ1n) is 11.6. The van der Waals surface area contributed by atoms with Crippen LogP contribution < -0.4 is 14.5 Å². The summed E-state index contributed by atoms with van der Waals surface area (Å²) >= 11 is 0. The van der Waals surface area contributed by atoms with Gasteiger partial charge in [0.05, 0.1) is 29.1 Å². The fourth-order valence-corrected chi connectivity index (χ4v) is 5.79. The Labute approximate surface area is 210 Å². The van der Waals surface area contributed by atoms with E-state index in [-0.39, 0.29) is 10.6 Å². The summed E-state index contributed by atoms with van der Waals surface area (Å²) in [4.78, 5) is 13.8. The molecule has 182 valence electrons. The van der Waals surface area contributed by atoms with Crippen LogP contribution in [0.2, 0.25) is 0 Å². The molecule has 1 aliphatic rings. The van der Waals surface area contributed by atoms with Crippen LogP contribution in [-0.2, 0) is 9.84 Å². The number of ether oxygens (including phenoxy) is 1. The number of hydrogen-bond donors (Lipinski definition) is 0. The molecule has 0 radical (unpaired) electrons. The molecule has 1 unspecified atom stereocenters. The largest absolute Gasteiger partial charge is 0.497 e. The summed E-state index contributed by atoms with van der Waals surface area (Å²) in [5.74, 6) is 0.968. The summed E-state index contributed by atoms with van der Waals surface area (Å²) in [6, 6.07) is 25.5. The van der Waals surface area contributed by atoms with Crippen molar-refractivity contribution in [2.24, 2.45) is 0 Å². The third-order valence-electron chi connectivity index (χ3n) is 6.34. The average molecular weight is 500 g/mol. The molecule has 4 aromatic rings. The van der Waals surface area contributed by atoms with Gasteiger partial charge in [-0.05, 0) is 48.5 Å². The Morgan fingerprint density at radius 2 is 1.42 bits per heavy atom. The first kappa shape index (κ1) is 23.6. The van der Waals surface area contributed by atoms with Crippen molar-refractivity contribution in [3.8, 4) is 11.8 Å². The van der Waals surface area contributed by atoms with Crippen molar-refractivity contribution in [1.29, 1.82) is 5.26 Å². The Morgan fingerprint density at radius 3 is 2.03 bits per heavy atom. The highest BCUT2D eigenvalue weighted by Gasteiger charge is 2.35. The molecule has 0 aliphatic carbocycles. The maximum atomic E-state index is 13.6. The van der Waals surface area contributed by atoms with Gasteiger partial charge in [0.1, 0.15) is 11.4 Å². The van der Waals surface area contributed by atoms with Crippen LogP contribution >= 0.6 is 0 Å². The third-order valence-corrected chi connectivity index (χ3v) is 8.22. The fourth-order valence-electron chi connectivity index (χ4n) is 4.41. The summed E-state index contributed by atoms with van der Waals surface area (Å²) in [5, 5.41) is 8.61. The van der Waals surface area contributed by atoms with Crippen molar-refractivity contribution in [3.05, 3.63) is 84.6 Å². The molecule has 1 aromatic heterocycles. The maximum absolute atomic E-state index is 13.6. The molecule has 8 nitrogen and oxygen atoms in total. The predicted octanol–water partition coefficient (Wildman–Crippen LogP) is 4.00. The van der Waals surface area contributed by atoms with Crippen molar-refractivity contribution in [2.45, 2.75) is 10.1 Å². The minimum absolute atomic E-state index is 0.0321. The number of methoxy groups -OCH3 is 1. The van der Waals surface area contributed by atoms with Crippen LogP contribution in [0, 0.1) is 11.3 Å². The minimum Gasteiger partial charge on any atom is -0.497 e. The van der Waals surface area contributed by atoms with Crippen LogP contribution in [0.5, 0.6) is 5.75 Å². The van der Waals surface area contributed by atoms with Gasteiger partial charge in [0.25, 0.3) is 0 Å². The molecule has 1 fully saturated rings. The Bertz CT molecular complexity index is 1510. The smallest absolute Gasteiger partial charge is 0.200 e. The van der Waals surface area contributed by atoms with Gasteiger partial charge >= 0.3 is 0 Å². The minimum atomic E-state index is -4.07. The number of fused-ring (bicyclic) bond motifs is 1. The quantitative estimate of drug-likeness (QED) is 0.393. The number of aromatic nitrogens is 2. The molecule has 3 aromatic carbocycles. The molecule has 1 atom stereocenters. The van der Waals surface area contributed by atoms with Crippen molar-refractivity contribution in [2.75, 3.05) is 43.1 Å². The lowest BCUT2D eigenvalue weighted by Gasteiger charge is -2.37. The number of benzene rings is 3. The molecule has 0 spiro atoms. The van der Waals surface area contributed by atoms with Gasteiger partial charge in [0, 0.05) is 31.9 Å². The Morgan fingerprint density at radius 1 is 0.833 bits per heavy atom. The second-order valence-electron chi connectivity index (χ2n) is 8.46. The maximum Gasteiger partial charge on any atom is 0.200 e. The Balaban J connectivity index is 1.54. The molecule has 9 heteroatoms. The molecule has 1 saturated heterocycles. The van der Waals surface area contributed by atoms with E-state index >= 15 is 0 Å². The van der Waals surface area contributed by atoms with Crippen LogP contribution in [0.4, 0.5) is 11.5 Å². The van der Waals surface area contributed by atoms with E-state index in [1.54, 1.807) is 18.2 Å². The highest BCUT2D eigenvalue weighted by Crippen LogP contribution is 2.35. The summed E-state index contributed by atoms with van der Waals surface area (Å²) in [5.41, 5.74) is 2.49. The van der Waals surface area contributed by atoms with Crippen molar-refractivity contribution in [1.82, 2.24) is 9.97 Å². The number of piperazine rings is 1. The standard InChI is InChI=1S/C27H25N5O3S/c1-35-21-11-13-22(14-12-21)36(33,34)25(19-28)26-27(30-24-10-6-5-9-23(24)29-26)32-17-15-31(16-18-32)20-7-3-2-4-8-20/h2-14,25H,15-18H2,1H3. The zero-order valence-corrected chi connectivity index (χ0v) is 20.6. The van der Waals surface area contributed by atoms with Crippen molar-refractivity contribution in [3.63, 3.8) is 0 Å². The molecular weight excluding hydrogens is 474 g/mol. The van der Waals surface area contributed by atoms with E-state index in [4.69, 9.17) is 9.72 Å². The zero-order chi connectivity index (χ0) is 25.1. The topological polar surface area (TPSA) is 99.4 Å². The molecule has 0 amide bonds. The summed E-state index contributed by atoms with van der Waals surface area (Å²) in [7, 11) is -2.56. The second kappa shape index (κ2) is 9.84. The number of nitrogens with zero attached hydrogens (tertiary/aromatic N) is 5. The zero-order valence-electron chi connectivity index (χ0n) is 19.8. The normalized spacial score (nSPS) is 14.9. The van der Waals surface area contributed by atoms with Crippen LogP contribution in [0.1, 0.15) is 10.9 Å². The van der Waals surface area contributed by atoms with E-state index in [2.05, 4.69) is 22.0 Å². The molecule has 0 N–H and O–H groups in total. The van der Waals surface area contributed by atoms with Gasteiger partial charge in [-0.1, -0.05) is 30.3 Å². The molecule has 36 heavy (non-hydrogen) atoms. The molecule has 5 rings (SSSR count). The third kappa shape index (κ3) is 4.43. The van der Waals surface area contributed by atoms with E-state index in [1.165, 1.54) is 19.2 Å². The monoisotopic (exact) mass is 499 g/mol. The summed E-state index contributed by atoms with van der Waals surface area (Å²) in [6.07, 6.45) is 0. The van der Waals surface area contributed by atoms with Crippen LogP contribution in [-0.4, -0.2) is 51.7 Å². The predicted molar refractivity (Wildman–Crippen MR) is 139 cm³/mol. The van der Waals surface area contributed by atoms with Crippen LogP contribution in [0.15, 0.2) is 83.8 Å². The van der Waals surface area contributed by atoms with Crippen molar-refractivity contribution < 1.29 is 13.2 Å². The van der Waals surface area contributed by atoms with Crippen LogP contribution in [0.3, 0.4) is 0 Å². The first-order valence-corrected chi connectivity index (χ1v) is 13.1. The van der Waals surface area contributed by atoms with E-state index in [0.29, 0.717) is 35.7 Å². The molecule has 0 saturated carbocycles. The Kier molecular flexibility index (Phi) is 6.44. The van der Waals surface area contributed by atoms with Crippen molar-refractivity contribution >= 4 is 32.4 Å². The lowest BCUT2D eigenvalue weighted by Crippen LogP contribution is -2.47. The summed E-state index contributed by atoms with van der Waals surface area (Å²) in [6.45, 7) is 2.71. The van der Waals surface area contributed by atoms with Gasteiger partial charge in [0.15, 0.2) is 11.1 Å². The van der Waals surface area contributed by atoms with E-state index in [0.717, 1.165) is 18.8 Å². The first-order chi connectivity index (χ1) is 17.5. The number of anilines is 2. The van der Waals surface area contributed by atoms with Gasteiger partial charge in [0.2, 0.25) is 9.84 Å². The number of nitriles is 1. The molecular formula is C27H25N5O3S. The van der Waals surface area contributed by atoms with Gasteiger partial charge in [-0.2, -0.15) is 5.26 Å². The Hall–Kier alpha value is -4.16. The number of rotatable bonds is 6.